The second-order valence-electron chi connectivity index (χ2n) is 6.45. The third kappa shape index (κ3) is 2.88. The van der Waals surface area contributed by atoms with Crippen LogP contribution in [-0.2, 0) is 9.53 Å². The first-order chi connectivity index (χ1) is 11.5. The molecule has 1 N–H and O–H groups in total. The van der Waals surface area contributed by atoms with Crippen molar-refractivity contribution >= 4 is 11.7 Å². The van der Waals surface area contributed by atoms with Gasteiger partial charge in [0.2, 0.25) is 0 Å². The molecule has 0 spiro atoms. The van der Waals surface area contributed by atoms with Crippen LogP contribution in [0.3, 0.4) is 0 Å². The van der Waals surface area contributed by atoms with Gasteiger partial charge in [0.05, 0.1) is 16.4 Å². The first-order valence-electron chi connectivity index (χ1n) is 8.41. The molecular weight excluding hydrogens is 310 g/mol. The largest absolute Gasteiger partial charge is 0.511 e. The van der Waals surface area contributed by atoms with Crippen molar-refractivity contribution in [3.8, 4) is 0 Å². The van der Waals surface area contributed by atoms with E-state index in [-0.39, 0.29) is 29.0 Å². The van der Waals surface area contributed by atoms with Gasteiger partial charge in [0.25, 0.3) is 5.69 Å². The molecule has 24 heavy (non-hydrogen) atoms. The second-order valence-corrected chi connectivity index (χ2v) is 6.45. The number of hydrogen-bond donors (Lipinski definition) is 1. The average molecular weight is 331 g/mol. The summed E-state index contributed by atoms with van der Waals surface area (Å²) in [4.78, 5) is 23.0. The smallest absolute Gasteiger partial charge is 0.338 e. The minimum Gasteiger partial charge on any atom is -0.511 e. The first kappa shape index (κ1) is 16.5. The van der Waals surface area contributed by atoms with Crippen LogP contribution in [0.15, 0.2) is 35.6 Å². The Labute approximate surface area is 140 Å². The van der Waals surface area contributed by atoms with Gasteiger partial charge in [-0.1, -0.05) is 25.5 Å². The number of carbonyl (C=O) groups is 1. The zero-order valence-corrected chi connectivity index (χ0v) is 13.6. The Morgan fingerprint density at radius 1 is 1.38 bits per heavy atom. The molecule has 1 saturated carbocycles. The maximum absolute atomic E-state index is 12.5. The number of nitro benzene ring substituents is 1. The topological polar surface area (TPSA) is 89.7 Å². The number of nitro groups is 1. The number of non-ortho nitro benzene ring substituents is 1. The van der Waals surface area contributed by atoms with E-state index >= 15 is 0 Å². The van der Waals surface area contributed by atoms with E-state index in [1.54, 1.807) is 12.1 Å². The number of aliphatic hydroxyl groups excluding tert-OH is 1. The van der Waals surface area contributed by atoms with Crippen molar-refractivity contribution in [3.05, 3.63) is 51.3 Å². The summed E-state index contributed by atoms with van der Waals surface area (Å²) >= 11 is 0. The third-order valence-corrected chi connectivity index (χ3v) is 5.05. The van der Waals surface area contributed by atoms with Gasteiger partial charge in [-0.05, 0) is 31.2 Å². The fourth-order valence-corrected chi connectivity index (χ4v) is 3.84. The summed E-state index contributed by atoms with van der Waals surface area (Å²) in [6.45, 7) is 1.89. The van der Waals surface area contributed by atoms with Gasteiger partial charge < -0.3 is 9.84 Å². The van der Waals surface area contributed by atoms with Gasteiger partial charge in [0, 0.05) is 18.1 Å². The SMILES string of the molecule is CCC(C1=C(O)C2CCCCC2OC1=O)c1cccc([N+](=O)[O-])c1. The van der Waals surface area contributed by atoms with E-state index < -0.39 is 16.8 Å². The summed E-state index contributed by atoms with van der Waals surface area (Å²) in [5, 5.41) is 21.7. The molecule has 1 aliphatic carbocycles. The Morgan fingerprint density at radius 2 is 2.12 bits per heavy atom. The summed E-state index contributed by atoms with van der Waals surface area (Å²) in [6, 6.07) is 6.24. The maximum atomic E-state index is 12.5. The molecule has 1 aromatic carbocycles. The molecule has 0 aromatic heterocycles. The van der Waals surface area contributed by atoms with E-state index in [0.29, 0.717) is 12.0 Å². The van der Waals surface area contributed by atoms with Crippen molar-refractivity contribution in [1.82, 2.24) is 0 Å². The lowest BCUT2D eigenvalue weighted by atomic mass is 9.78. The Hall–Kier alpha value is -2.37. The Morgan fingerprint density at radius 3 is 2.83 bits per heavy atom. The number of nitrogens with zero attached hydrogens (tertiary/aromatic N) is 1. The number of rotatable bonds is 4. The zero-order valence-electron chi connectivity index (χ0n) is 13.6. The fraction of sp³-hybridized carbons (Fsp3) is 0.500. The third-order valence-electron chi connectivity index (χ3n) is 5.05. The zero-order chi connectivity index (χ0) is 17.3. The number of aliphatic hydroxyl groups is 1. The maximum Gasteiger partial charge on any atom is 0.338 e. The number of carbonyl (C=O) groups excluding carboxylic acids is 1. The van der Waals surface area contributed by atoms with Crippen molar-refractivity contribution < 1.29 is 19.6 Å². The van der Waals surface area contributed by atoms with Gasteiger partial charge in [-0.3, -0.25) is 10.1 Å². The summed E-state index contributed by atoms with van der Waals surface area (Å²) in [5.74, 6) is -0.914. The predicted octanol–water partition coefficient (Wildman–Crippen LogP) is 4.02. The summed E-state index contributed by atoms with van der Waals surface area (Å²) < 4.78 is 5.56. The summed E-state index contributed by atoms with van der Waals surface area (Å²) in [7, 11) is 0. The molecule has 1 fully saturated rings. The normalized spacial score (nSPS) is 25.0. The average Bonchev–Trinajstić information content (AvgIpc) is 2.58. The van der Waals surface area contributed by atoms with Crippen LogP contribution >= 0.6 is 0 Å². The molecule has 0 saturated heterocycles. The van der Waals surface area contributed by atoms with Crippen molar-refractivity contribution in [2.45, 2.75) is 51.0 Å². The van der Waals surface area contributed by atoms with Gasteiger partial charge in [-0.25, -0.2) is 4.79 Å². The van der Waals surface area contributed by atoms with Crippen LogP contribution in [-0.4, -0.2) is 22.1 Å². The number of hydrogen-bond acceptors (Lipinski definition) is 5. The molecule has 6 nitrogen and oxygen atoms in total. The van der Waals surface area contributed by atoms with Gasteiger partial charge in [-0.2, -0.15) is 0 Å². The number of esters is 1. The van der Waals surface area contributed by atoms with E-state index in [1.165, 1.54) is 12.1 Å². The summed E-state index contributed by atoms with van der Waals surface area (Å²) in [6.07, 6.45) is 3.90. The van der Waals surface area contributed by atoms with E-state index in [2.05, 4.69) is 0 Å². The quantitative estimate of drug-likeness (QED) is 0.511. The van der Waals surface area contributed by atoms with Crippen LogP contribution in [0.2, 0.25) is 0 Å². The van der Waals surface area contributed by atoms with E-state index in [1.807, 2.05) is 6.92 Å². The number of ether oxygens (including phenoxy) is 1. The Bertz CT molecular complexity index is 696. The number of benzene rings is 1. The highest BCUT2D eigenvalue weighted by molar-refractivity contribution is 5.92. The molecular formula is C18H21NO5. The molecule has 3 atom stereocenters. The molecule has 0 bridgehead atoms. The molecule has 3 unspecified atom stereocenters. The van der Waals surface area contributed by atoms with Gasteiger partial charge >= 0.3 is 5.97 Å². The summed E-state index contributed by atoms with van der Waals surface area (Å²) in [5.41, 5.74) is 0.895. The van der Waals surface area contributed by atoms with Gasteiger partial charge in [0.1, 0.15) is 11.9 Å². The predicted molar refractivity (Wildman–Crippen MR) is 87.6 cm³/mol. The highest BCUT2D eigenvalue weighted by Crippen LogP contribution is 2.42. The van der Waals surface area contributed by atoms with E-state index in [0.717, 1.165) is 25.7 Å². The van der Waals surface area contributed by atoms with Crippen LogP contribution in [0.5, 0.6) is 0 Å². The molecule has 3 rings (SSSR count). The molecule has 128 valence electrons. The molecule has 1 aliphatic heterocycles. The lowest BCUT2D eigenvalue weighted by Crippen LogP contribution is -2.38. The van der Waals surface area contributed by atoms with Crippen molar-refractivity contribution in [2.75, 3.05) is 0 Å². The lowest BCUT2D eigenvalue weighted by molar-refractivity contribution is -0.384. The van der Waals surface area contributed by atoms with Crippen LogP contribution in [0, 0.1) is 16.0 Å². The number of fused-ring (bicyclic) bond motifs is 1. The molecule has 0 amide bonds. The van der Waals surface area contributed by atoms with Crippen LogP contribution in [0.4, 0.5) is 5.69 Å². The highest BCUT2D eigenvalue weighted by Gasteiger charge is 2.41. The molecule has 2 aliphatic rings. The van der Waals surface area contributed by atoms with Gasteiger partial charge in [-0.15, -0.1) is 0 Å². The van der Waals surface area contributed by atoms with E-state index in [4.69, 9.17) is 4.74 Å². The van der Waals surface area contributed by atoms with Crippen LogP contribution in [0.25, 0.3) is 0 Å². The molecule has 6 heteroatoms. The Balaban J connectivity index is 2.01. The standard InChI is InChI=1S/C18H21NO5/c1-2-13(11-6-5-7-12(10-11)19(22)23)16-17(20)14-8-3-4-9-15(14)24-18(16)21/h5-7,10,13-15,20H,2-4,8-9H2,1H3. The minimum atomic E-state index is -0.492. The highest BCUT2D eigenvalue weighted by atomic mass is 16.6. The van der Waals surface area contributed by atoms with Crippen LogP contribution < -0.4 is 0 Å². The Kier molecular flexibility index (Phi) is 4.55. The second kappa shape index (κ2) is 6.63. The van der Waals surface area contributed by atoms with Crippen LogP contribution in [0.1, 0.15) is 50.5 Å². The fourth-order valence-electron chi connectivity index (χ4n) is 3.84. The molecule has 0 radical (unpaired) electrons. The molecule has 1 heterocycles. The minimum absolute atomic E-state index is 0.0224. The van der Waals surface area contributed by atoms with Crippen molar-refractivity contribution in [2.24, 2.45) is 5.92 Å². The molecule has 1 aromatic rings. The van der Waals surface area contributed by atoms with E-state index in [9.17, 15) is 20.0 Å². The lowest BCUT2D eigenvalue weighted by Gasteiger charge is -2.37. The first-order valence-corrected chi connectivity index (χ1v) is 8.41. The monoisotopic (exact) mass is 331 g/mol. The van der Waals surface area contributed by atoms with Crippen molar-refractivity contribution in [1.29, 1.82) is 0 Å². The van der Waals surface area contributed by atoms with Crippen molar-refractivity contribution in [3.63, 3.8) is 0 Å². The van der Waals surface area contributed by atoms with Gasteiger partial charge in [0.15, 0.2) is 0 Å².